The van der Waals surface area contributed by atoms with Crippen LogP contribution in [0.15, 0.2) is 0 Å². The van der Waals surface area contributed by atoms with Crippen molar-refractivity contribution in [2.24, 2.45) is 0 Å². The zero-order valence-corrected chi connectivity index (χ0v) is 16.7. The molecule has 2 atom stereocenters. The van der Waals surface area contributed by atoms with Gasteiger partial charge in [-0.2, -0.15) is 0 Å². The standard InChI is InChI=1S/C17H30N4O2.2ClH/c1-14(17(23)21-7-2-3-8-21)19-9-11-20(12-10-19)16(22)13-15-5-4-6-18-15;;/h14-15,18H,2-13H2,1H3;2*1H. The molecule has 2 unspecified atom stereocenters. The maximum atomic E-state index is 12.5. The third kappa shape index (κ3) is 5.71. The molecule has 3 saturated heterocycles. The number of carbonyl (C=O) groups is 2. The maximum Gasteiger partial charge on any atom is 0.239 e. The number of piperazine rings is 1. The highest BCUT2D eigenvalue weighted by atomic mass is 35.5. The van der Waals surface area contributed by atoms with E-state index in [0.29, 0.717) is 12.5 Å². The van der Waals surface area contributed by atoms with Gasteiger partial charge in [-0.15, -0.1) is 24.8 Å². The predicted octanol–water partition coefficient (Wildman–Crippen LogP) is 1.13. The van der Waals surface area contributed by atoms with Crippen molar-refractivity contribution in [1.82, 2.24) is 20.0 Å². The molecule has 0 aliphatic carbocycles. The lowest BCUT2D eigenvalue weighted by Crippen LogP contribution is -2.55. The minimum Gasteiger partial charge on any atom is -0.341 e. The molecule has 8 heteroatoms. The van der Waals surface area contributed by atoms with Crippen LogP contribution in [0.3, 0.4) is 0 Å². The summed E-state index contributed by atoms with van der Waals surface area (Å²) >= 11 is 0. The second-order valence-corrected chi connectivity index (χ2v) is 7.12. The summed E-state index contributed by atoms with van der Waals surface area (Å²) in [5.74, 6) is 0.528. The quantitative estimate of drug-likeness (QED) is 0.776. The van der Waals surface area contributed by atoms with Crippen molar-refractivity contribution in [2.45, 2.75) is 51.1 Å². The van der Waals surface area contributed by atoms with Gasteiger partial charge in [-0.3, -0.25) is 14.5 Å². The SMILES string of the molecule is CC(C(=O)N1CCCC1)N1CCN(C(=O)CC2CCCN2)CC1.Cl.Cl. The highest BCUT2D eigenvalue weighted by molar-refractivity contribution is 5.85. The van der Waals surface area contributed by atoms with E-state index in [1.165, 1.54) is 6.42 Å². The smallest absolute Gasteiger partial charge is 0.239 e. The molecule has 0 radical (unpaired) electrons. The number of hydrogen-bond donors (Lipinski definition) is 1. The topological polar surface area (TPSA) is 55.9 Å². The van der Waals surface area contributed by atoms with Crippen LogP contribution in [0, 0.1) is 0 Å². The summed E-state index contributed by atoms with van der Waals surface area (Å²) < 4.78 is 0. The molecule has 3 fully saturated rings. The molecule has 6 nitrogen and oxygen atoms in total. The van der Waals surface area contributed by atoms with Crippen molar-refractivity contribution in [1.29, 1.82) is 0 Å². The molecule has 146 valence electrons. The van der Waals surface area contributed by atoms with Crippen LogP contribution < -0.4 is 5.32 Å². The molecule has 0 bridgehead atoms. The van der Waals surface area contributed by atoms with Crippen LogP contribution in [0.1, 0.15) is 39.0 Å². The summed E-state index contributed by atoms with van der Waals surface area (Å²) in [5.41, 5.74) is 0. The fourth-order valence-electron chi connectivity index (χ4n) is 3.99. The van der Waals surface area contributed by atoms with Gasteiger partial charge in [0, 0.05) is 51.7 Å². The summed E-state index contributed by atoms with van der Waals surface area (Å²) in [7, 11) is 0. The van der Waals surface area contributed by atoms with Crippen LogP contribution >= 0.6 is 24.8 Å². The van der Waals surface area contributed by atoms with E-state index in [4.69, 9.17) is 0 Å². The average Bonchev–Trinajstić information content (AvgIpc) is 3.27. The molecule has 3 rings (SSSR count). The average molecular weight is 395 g/mol. The largest absolute Gasteiger partial charge is 0.341 e. The summed E-state index contributed by atoms with van der Waals surface area (Å²) in [4.78, 5) is 31.1. The number of amides is 2. The first-order chi connectivity index (χ1) is 11.1. The summed E-state index contributed by atoms with van der Waals surface area (Å²) in [6, 6.07) is 0.318. The van der Waals surface area contributed by atoms with Crippen molar-refractivity contribution in [3.8, 4) is 0 Å². The molecule has 0 spiro atoms. The van der Waals surface area contributed by atoms with Gasteiger partial charge in [0.2, 0.25) is 11.8 Å². The normalized spacial score (nSPS) is 25.2. The summed E-state index contributed by atoms with van der Waals surface area (Å²) in [6.07, 6.45) is 5.20. The molecule has 25 heavy (non-hydrogen) atoms. The highest BCUT2D eigenvalue weighted by Gasteiger charge is 2.31. The van der Waals surface area contributed by atoms with Crippen molar-refractivity contribution < 1.29 is 9.59 Å². The minimum absolute atomic E-state index is 0. The molecule has 1 N–H and O–H groups in total. The van der Waals surface area contributed by atoms with Crippen LogP contribution in [-0.2, 0) is 9.59 Å². The zero-order valence-electron chi connectivity index (χ0n) is 15.1. The van der Waals surface area contributed by atoms with E-state index in [9.17, 15) is 9.59 Å². The molecular formula is C17H32Cl2N4O2. The van der Waals surface area contributed by atoms with Gasteiger partial charge < -0.3 is 15.1 Å². The Bertz CT molecular complexity index is 432. The number of nitrogens with zero attached hydrogens (tertiary/aromatic N) is 3. The number of likely N-dealkylation sites (tertiary alicyclic amines) is 1. The third-order valence-corrected chi connectivity index (χ3v) is 5.57. The van der Waals surface area contributed by atoms with Gasteiger partial charge in [0.1, 0.15) is 0 Å². The van der Waals surface area contributed by atoms with Crippen LogP contribution in [0.4, 0.5) is 0 Å². The number of rotatable bonds is 4. The second kappa shape index (κ2) is 10.6. The van der Waals surface area contributed by atoms with Gasteiger partial charge in [-0.1, -0.05) is 0 Å². The third-order valence-electron chi connectivity index (χ3n) is 5.57. The first-order valence-electron chi connectivity index (χ1n) is 9.19. The van der Waals surface area contributed by atoms with E-state index in [0.717, 1.165) is 65.1 Å². The Kier molecular flexibility index (Phi) is 9.49. The molecule has 2 amide bonds. The Balaban J connectivity index is 0.00000156. The Morgan fingerprint density at radius 1 is 0.960 bits per heavy atom. The molecule has 3 aliphatic rings. The molecule has 0 aromatic rings. The fourth-order valence-corrected chi connectivity index (χ4v) is 3.99. The molecule has 3 aliphatic heterocycles. The molecule has 0 aromatic heterocycles. The van der Waals surface area contributed by atoms with E-state index in [1.54, 1.807) is 0 Å². The monoisotopic (exact) mass is 394 g/mol. The van der Waals surface area contributed by atoms with Gasteiger partial charge in [0.15, 0.2) is 0 Å². The van der Waals surface area contributed by atoms with E-state index >= 15 is 0 Å². The lowest BCUT2D eigenvalue weighted by molar-refractivity contribution is -0.138. The number of halogens is 2. The predicted molar refractivity (Wildman–Crippen MR) is 104 cm³/mol. The number of carbonyl (C=O) groups excluding carboxylic acids is 2. The van der Waals surface area contributed by atoms with E-state index in [2.05, 4.69) is 10.2 Å². The first kappa shape index (κ1) is 22.5. The second-order valence-electron chi connectivity index (χ2n) is 7.12. The summed E-state index contributed by atoms with van der Waals surface area (Å²) in [5, 5.41) is 3.39. The molecule has 0 saturated carbocycles. The maximum absolute atomic E-state index is 12.5. The van der Waals surface area contributed by atoms with E-state index in [1.807, 2.05) is 16.7 Å². The van der Waals surface area contributed by atoms with Gasteiger partial charge >= 0.3 is 0 Å². The van der Waals surface area contributed by atoms with Gasteiger partial charge in [0.05, 0.1) is 6.04 Å². The van der Waals surface area contributed by atoms with Crippen molar-refractivity contribution in [3.63, 3.8) is 0 Å². The van der Waals surface area contributed by atoms with E-state index < -0.39 is 0 Å². The van der Waals surface area contributed by atoms with Crippen molar-refractivity contribution in [2.75, 3.05) is 45.8 Å². The molecular weight excluding hydrogens is 363 g/mol. The number of nitrogens with one attached hydrogen (secondary N) is 1. The Labute approximate surface area is 163 Å². The fraction of sp³-hybridized carbons (Fsp3) is 0.882. The van der Waals surface area contributed by atoms with Crippen molar-refractivity contribution >= 4 is 36.6 Å². The lowest BCUT2D eigenvalue weighted by Gasteiger charge is -2.38. The van der Waals surface area contributed by atoms with Crippen LogP contribution in [-0.4, -0.2) is 84.4 Å². The summed E-state index contributed by atoms with van der Waals surface area (Å²) in [6.45, 7) is 8.01. The highest BCUT2D eigenvalue weighted by Crippen LogP contribution is 2.15. The van der Waals surface area contributed by atoms with Crippen LogP contribution in [0.25, 0.3) is 0 Å². The molecule has 3 heterocycles. The van der Waals surface area contributed by atoms with Gasteiger partial charge in [0.25, 0.3) is 0 Å². The van der Waals surface area contributed by atoms with Gasteiger partial charge in [-0.05, 0) is 39.2 Å². The Morgan fingerprint density at radius 2 is 1.60 bits per heavy atom. The van der Waals surface area contributed by atoms with Crippen LogP contribution in [0.5, 0.6) is 0 Å². The zero-order chi connectivity index (χ0) is 16.2. The van der Waals surface area contributed by atoms with Crippen LogP contribution in [0.2, 0.25) is 0 Å². The number of hydrogen-bond acceptors (Lipinski definition) is 4. The Morgan fingerprint density at radius 3 is 2.16 bits per heavy atom. The lowest BCUT2D eigenvalue weighted by atomic mass is 10.1. The Hall–Kier alpha value is -0.560. The van der Waals surface area contributed by atoms with Crippen molar-refractivity contribution in [3.05, 3.63) is 0 Å². The molecule has 0 aromatic carbocycles. The minimum atomic E-state index is -0.0538. The van der Waals surface area contributed by atoms with Gasteiger partial charge in [-0.25, -0.2) is 0 Å². The van der Waals surface area contributed by atoms with E-state index in [-0.39, 0.29) is 42.7 Å². The first-order valence-corrected chi connectivity index (χ1v) is 9.19.